The summed E-state index contributed by atoms with van der Waals surface area (Å²) >= 11 is 3.37. The maximum absolute atomic E-state index is 12.8. The molecule has 1 fully saturated rings. The minimum Gasteiger partial charge on any atom is -0.477 e. The minimum atomic E-state index is -1.49. The second kappa shape index (κ2) is 9.91. The Morgan fingerprint density at radius 1 is 1.51 bits per heavy atom. The zero-order valence-corrected chi connectivity index (χ0v) is 21.4. The van der Waals surface area contributed by atoms with E-state index in [1.807, 2.05) is 0 Å². The van der Waals surface area contributed by atoms with Crippen LogP contribution in [-0.2, 0) is 24.1 Å². The number of nitrogens with zero attached hydrogens (tertiary/aromatic N) is 5. The van der Waals surface area contributed by atoms with Crippen LogP contribution in [0.4, 0.5) is 5.13 Å². The Kier molecular flexibility index (Phi) is 6.65. The van der Waals surface area contributed by atoms with Crippen LogP contribution in [0.5, 0.6) is 0 Å². The predicted molar refractivity (Wildman–Crippen MR) is 134 cm³/mol. The molecule has 0 saturated carbocycles. The first-order valence-electron chi connectivity index (χ1n) is 10.5. The number of aromatic nitrogens is 4. The molecule has 5 N–H and O–H groups in total. The summed E-state index contributed by atoms with van der Waals surface area (Å²) in [6.45, 7) is 0. The second-order valence-electron chi connectivity index (χ2n) is 7.58. The summed E-state index contributed by atoms with van der Waals surface area (Å²) in [5.41, 5.74) is 6.76. The number of amides is 2. The van der Waals surface area contributed by atoms with Crippen LogP contribution >= 0.6 is 34.9 Å². The van der Waals surface area contributed by atoms with Gasteiger partial charge in [0.15, 0.2) is 10.0 Å². The number of nitrogen functional groups attached to an aromatic ring is 1. The summed E-state index contributed by atoms with van der Waals surface area (Å²) in [6, 6.07) is 3.54. The lowest BCUT2D eigenvalue weighted by molar-refractivity contribution is -0.146. The number of rotatable bonds is 9. The lowest BCUT2D eigenvalue weighted by Crippen LogP contribution is -2.61. The molecule has 2 aliphatic heterocycles. The van der Waals surface area contributed by atoms with E-state index in [0.717, 1.165) is 29.3 Å². The molecule has 0 bridgehead atoms. The molecule has 14 nitrogen and oxygen atoms in total. The number of nitrogens with one attached hydrogen (secondary N) is 2. The van der Waals surface area contributed by atoms with Crippen molar-refractivity contribution in [3.8, 4) is 11.6 Å². The number of thioether (sulfide) groups is 2. The number of carbonyl (C=O) groups is 3. The van der Waals surface area contributed by atoms with Gasteiger partial charge in [0.25, 0.3) is 17.0 Å². The molecule has 0 radical (unpaired) electrons. The molecule has 1 saturated heterocycles. The van der Waals surface area contributed by atoms with Gasteiger partial charge in [0, 0.05) is 22.9 Å². The van der Waals surface area contributed by atoms with Crippen LogP contribution in [0.25, 0.3) is 11.6 Å². The number of aliphatic carboxylic acids is 1. The van der Waals surface area contributed by atoms with E-state index in [0.29, 0.717) is 11.4 Å². The van der Waals surface area contributed by atoms with Crippen molar-refractivity contribution >= 4 is 64.0 Å². The van der Waals surface area contributed by atoms with Crippen LogP contribution in [0.1, 0.15) is 12.1 Å². The van der Waals surface area contributed by atoms with Crippen molar-refractivity contribution in [1.82, 2.24) is 30.4 Å². The smallest absolute Gasteiger partial charge is 0.352 e. The fraction of sp³-hybridized carbons (Fsp3) is 0.250. The highest BCUT2D eigenvalue weighted by atomic mass is 32.2. The van der Waals surface area contributed by atoms with Crippen LogP contribution in [0.15, 0.2) is 49.8 Å². The summed E-state index contributed by atoms with van der Waals surface area (Å²) in [5.74, 6) is -2.14. The maximum atomic E-state index is 12.8. The van der Waals surface area contributed by atoms with E-state index in [1.165, 1.54) is 23.8 Å². The van der Waals surface area contributed by atoms with Crippen LogP contribution in [0.2, 0.25) is 0 Å². The summed E-state index contributed by atoms with van der Waals surface area (Å²) < 4.78 is 5.70. The van der Waals surface area contributed by atoms with Gasteiger partial charge in [-0.25, -0.2) is 9.78 Å². The van der Waals surface area contributed by atoms with Crippen molar-refractivity contribution in [3.63, 3.8) is 0 Å². The van der Waals surface area contributed by atoms with E-state index in [2.05, 4.69) is 35.5 Å². The lowest BCUT2D eigenvalue weighted by Gasteiger charge is -2.51. The fourth-order valence-electron chi connectivity index (χ4n) is 3.85. The van der Waals surface area contributed by atoms with E-state index in [4.69, 9.17) is 10.2 Å². The van der Waals surface area contributed by atoms with Gasteiger partial charge in [-0.05, 0) is 12.1 Å². The second-order valence-corrected chi connectivity index (χ2v) is 10.8. The number of carboxylic acids is 1. The van der Waals surface area contributed by atoms with Gasteiger partial charge in [0.05, 0.1) is 17.5 Å². The number of carboxylic acid groups (broad SMARTS) is 1. The number of aromatic amines is 1. The van der Waals surface area contributed by atoms with Crippen LogP contribution in [0.3, 0.4) is 0 Å². The zero-order valence-electron chi connectivity index (χ0n) is 18.9. The van der Waals surface area contributed by atoms with E-state index in [-0.39, 0.29) is 45.6 Å². The molecule has 2 amide bonds. The molecule has 0 aromatic carbocycles. The largest absolute Gasteiger partial charge is 0.477 e. The van der Waals surface area contributed by atoms with Crippen molar-refractivity contribution < 1.29 is 28.7 Å². The number of thiazole rings is 1. The highest BCUT2D eigenvalue weighted by molar-refractivity contribution is 8.01. The Hall–Kier alpha value is -3.83. The third-order valence-corrected chi connectivity index (χ3v) is 8.48. The lowest BCUT2D eigenvalue weighted by atomic mass is 9.98. The van der Waals surface area contributed by atoms with Gasteiger partial charge in [0.2, 0.25) is 5.91 Å². The molecule has 1 unspecified atom stereocenters. The monoisotopic (exact) mass is 562 g/mol. The third kappa shape index (κ3) is 4.56. The van der Waals surface area contributed by atoms with Crippen LogP contribution in [-0.4, -0.2) is 72.4 Å². The molecular formula is C20H18N8O6S3. The van der Waals surface area contributed by atoms with Gasteiger partial charge in [-0.2, -0.15) is 0 Å². The third-order valence-electron chi connectivity index (χ3n) is 5.41. The van der Waals surface area contributed by atoms with Gasteiger partial charge in [-0.1, -0.05) is 28.7 Å². The molecule has 0 aliphatic carbocycles. The molecule has 5 heterocycles. The average molecular weight is 563 g/mol. The topological polar surface area (TPSA) is 202 Å². The molecule has 3 aromatic heterocycles. The summed E-state index contributed by atoms with van der Waals surface area (Å²) in [4.78, 5) is 49.5. The molecular weight excluding hydrogens is 544 g/mol. The van der Waals surface area contributed by atoms with Gasteiger partial charge in [0.1, 0.15) is 24.7 Å². The van der Waals surface area contributed by atoms with Gasteiger partial charge >= 0.3 is 5.97 Å². The summed E-state index contributed by atoms with van der Waals surface area (Å²) in [7, 11) is 1.28. The number of oxime groups is 1. The molecule has 192 valence electrons. The number of nitrogens with two attached hydrogens (primary N) is 1. The molecule has 0 spiro atoms. The molecule has 17 heteroatoms. The number of H-pyrrole nitrogens is 1. The SMILES string of the molecule is CON=CC(=O)NC1(c2csc(N)n2)S[C@H]2CC(=O)N2C(C(=O)O)=C1CSc1nnc(-c2ccc[nH]2)o1. The molecule has 2 aliphatic rings. The van der Waals surface area contributed by atoms with E-state index >= 15 is 0 Å². The Morgan fingerprint density at radius 3 is 3.00 bits per heavy atom. The number of anilines is 1. The highest BCUT2D eigenvalue weighted by Gasteiger charge is 2.57. The number of carbonyl (C=O) groups excluding carboxylic acids is 2. The van der Waals surface area contributed by atoms with Crippen molar-refractivity contribution in [2.24, 2.45) is 5.16 Å². The quantitative estimate of drug-likeness (QED) is 0.127. The first-order chi connectivity index (χ1) is 17.8. The van der Waals surface area contributed by atoms with Crippen molar-refractivity contribution in [2.75, 3.05) is 18.6 Å². The average Bonchev–Trinajstić information content (AvgIpc) is 3.63. The van der Waals surface area contributed by atoms with E-state index < -0.39 is 22.1 Å². The van der Waals surface area contributed by atoms with Gasteiger partial charge in [-0.3, -0.25) is 14.5 Å². The minimum absolute atomic E-state index is 0.0450. The van der Waals surface area contributed by atoms with E-state index in [9.17, 15) is 19.5 Å². The normalized spacial score (nSPS) is 21.2. The van der Waals surface area contributed by atoms with Crippen molar-refractivity contribution in [1.29, 1.82) is 0 Å². The number of β-lactam (4-membered cyclic amide) rings is 1. The Labute approximate surface area is 220 Å². The first kappa shape index (κ1) is 24.8. The molecule has 3 aromatic rings. The van der Waals surface area contributed by atoms with Crippen molar-refractivity contribution in [2.45, 2.75) is 21.9 Å². The Morgan fingerprint density at radius 2 is 2.35 bits per heavy atom. The molecule has 2 atom stereocenters. The summed E-state index contributed by atoms with van der Waals surface area (Å²) in [6.07, 6.45) is 2.72. The number of hydrogen-bond acceptors (Lipinski definition) is 13. The number of fused-ring (bicyclic) bond motifs is 1. The molecule has 5 rings (SSSR count). The maximum Gasteiger partial charge on any atom is 0.352 e. The standard InChI is InChI=1S/C20H18N8O6S3/c1-33-23-6-12(29)25-20(11-8-35-18(21)24-11)9(15(17(31)32)28-13(30)5-14(28)37-20)7-36-19-27-26-16(34-19)10-3-2-4-22-10/h2-4,6,8,14,22H,5,7H2,1H3,(H2,21,24)(H,25,29)(H,31,32)/t14-,20?/m0/s1. The van der Waals surface area contributed by atoms with Crippen molar-refractivity contribution in [3.05, 3.63) is 40.7 Å². The number of hydrogen-bond donors (Lipinski definition) is 4. The van der Waals surface area contributed by atoms with Crippen LogP contribution in [0, 0.1) is 0 Å². The Balaban J connectivity index is 1.59. The molecule has 37 heavy (non-hydrogen) atoms. The predicted octanol–water partition coefficient (Wildman–Crippen LogP) is 1.44. The highest BCUT2D eigenvalue weighted by Crippen LogP contribution is 2.55. The first-order valence-corrected chi connectivity index (χ1v) is 13.2. The fourth-order valence-corrected chi connectivity index (χ4v) is 7.15. The van der Waals surface area contributed by atoms with Crippen LogP contribution < -0.4 is 11.1 Å². The Bertz CT molecular complexity index is 1420. The summed E-state index contributed by atoms with van der Waals surface area (Å²) in [5, 5.41) is 26.0. The van der Waals surface area contributed by atoms with Gasteiger partial charge < -0.3 is 30.4 Å². The van der Waals surface area contributed by atoms with Gasteiger partial charge in [-0.15, -0.1) is 21.5 Å². The van der Waals surface area contributed by atoms with E-state index in [1.54, 1.807) is 23.7 Å². The zero-order chi connectivity index (χ0) is 26.2.